The number of piperazine rings is 1. The molecular formula is C20H23ClN2O3S2. The highest BCUT2D eigenvalue weighted by atomic mass is 35.5. The van der Waals surface area contributed by atoms with Crippen LogP contribution >= 0.6 is 23.4 Å². The molecule has 5 nitrogen and oxygen atoms in total. The number of thioether (sulfide) groups is 1. The molecule has 0 atom stereocenters. The molecule has 1 aliphatic rings. The second-order valence-corrected chi connectivity index (χ2v) is 10.0. The summed E-state index contributed by atoms with van der Waals surface area (Å²) in [4.78, 5) is 14.5. The molecule has 1 aliphatic heterocycles. The second-order valence-electron chi connectivity index (χ2n) is 6.68. The van der Waals surface area contributed by atoms with Crippen molar-refractivity contribution in [1.29, 1.82) is 0 Å². The fourth-order valence-corrected chi connectivity index (χ4v) is 5.63. The van der Waals surface area contributed by atoms with E-state index in [4.69, 9.17) is 11.6 Å². The van der Waals surface area contributed by atoms with E-state index in [1.807, 2.05) is 31.2 Å². The summed E-state index contributed by atoms with van der Waals surface area (Å²) in [7, 11) is -3.51. The van der Waals surface area contributed by atoms with Gasteiger partial charge in [0.2, 0.25) is 15.9 Å². The van der Waals surface area contributed by atoms with Crippen LogP contribution in [0.1, 0.15) is 11.1 Å². The standard InChI is InChI=1S/C20H23ClN2O3S2/c1-16-6-8-18(9-7-16)28(25,26)23-12-10-22(11-13-23)20(24)15-27-14-17-4-2-3-5-19(17)21/h2-9H,10-15H2,1H3. The molecule has 28 heavy (non-hydrogen) atoms. The highest BCUT2D eigenvalue weighted by molar-refractivity contribution is 7.99. The van der Waals surface area contributed by atoms with Gasteiger partial charge in [0.25, 0.3) is 0 Å². The van der Waals surface area contributed by atoms with Crippen molar-refractivity contribution in [2.45, 2.75) is 17.6 Å². The van der Waals surface area contributed by atoms with E-state index in [1.54, 1.807) is 29.2 Å². The molecule has 1 fully saturated rings. The molecule has 1 heterocycles. The maximum atomic E-state index is 12.7. The van der Waals surface area contributed by atoms with Gasteiger partial charge in [-0.3, -0.25) is 4.79 Å². The average Bonchev–Trinajstić information content (AvgIpc) is 2.70. The van der Waals surface area contributed by atoms with Crippen molar-refractivity contribution in [3.63, 3.8) is 0 Å². The average molecular weight is 439 g/mol. The van der Waals surface area contributed by atoms with Crippen LogP contribution in [-0.4, -0.2) is 55.5 Å². The molecule has 0 N–H and O–H groups in total. The highest BCUT2D eigenvalue weighted by Crippen LogP contribution is 2.22. The van der Waals surface area contributed by atoms with Crippen molar-refractivity contribution in [1.82, 2.24) is 9.21 Å². The Bertz CT molecular complexity index is 925. The Morgan fingerprint density at radius 1 is 1.04 bits per heavy atom. The molecule has 150 valence electrons. The van der Waals surface area contributed by atoms with Crippen LogP contribution in [0.5, 0.6) is 0 Å². The zero-order valence-electron chi connectivity index (χ0n) is 15.7. The third-order valence-electron chi connectivity index (χ3n) is 4.69. The fraction of sp³-hybridized carbons (Fsp3) is 0.350. The zero-order chi connectivity index (χ0) is 20.1. The SMILES string of the molecule is Cc1ccc(S(=O)(=O)N2CCN(C(=O)CSCc3ccccc3Cl)CC2)cc1. The molecule has 0 unspecified atom stereocenters. The van der Waals surface area contributed by atoms with Gasteiger partial charge in [0, 0.05) is 37.0 Å². The van der Waals surface area contributed by atoms with Crippen LogP contribution in [0, 0.1) is 6.92 Å². The number of benzene rings is 2. The van der Waals surface area contributed by atoms with E-state index in [-0.39, 0.29) is 5.91 Å². The van der Waals surface area contributed by atoms with E-state index < -0.39 is 10.0 Å². The topological polar surface area (TPSA) is 57.7 Å². The number of halogens is 1. The predicted molar refractivity (Wildman–Crippen MR) is 114 cm³/mol. The summed E-state index contributed by atoms with van der Waals surface area (Å²) in [6.07, 6.45) is 0. The molecule has 0 radical (unpaired) electrons. The summed E-state index contributed by atoms with van der Waals surface area (Å²) in [6, 6.07) is 14.5. The predicted octanol–water partition coefficient (Wildman–Crippen LogP) is 3.41. The van der Waals surface area contributed by atoms with Crippen LogP contribution in [0.25, 0.3) is 0 Å². The Morgan fingerprint density at radius 3 is 2.32 bits per heavy atom. The van der Waals surface area contributed by atoms with Gasteiger partial charge in [-0.05, 0) is 30.7 Å². The molecule has 3 rings (SSSR count). The number of carbonyl (C=O) groups excluding carboxylic acids is 1. The summed E-state index contributed by atoms with van der Waals surface area (Å²) in [6.45, 7) is 3.38. The molecule has 0 spiro atoms. The van der Waals surface area contributed by atoms with Crippen LogP contribution in [0.4, 0.5) is 0 Å². The summed E-state index contributed by atoms with van der Waals surface area (Å²) in [5.41, 5.74) is 2.03. The van der Waals surface area contributed by atoms with E-state index >= 15 is 0 Å². The number of nitrogens with zero attached hydrogens (tertiary/aromatic N) is 2. The number of sulfonamides is 1. The fourth-order valence-electron chi connectivity index (χ4n) is 2.99. The van der Waals surface area contributed by atoms with Gasteiger partial charge in [0.15, 0.2) is 0 Å². The Hall–Kier alpha value is -1.54. The number of rotatable bonds is 6. The van der Waals surface area contributed by atoms with Gasteiger partial charge >= 0.3 is 0 Å². The number of carbonyl (C=O) groups is 1. The third-order valence-corrected chi connectivity index (χ3v) is 7.94. The lowest BCUT2D eigenvalue weighted by Crippen LogP contribution is -2.50. The number of hydrogen-bond donors (Lipinski definition) is 0. The first-order valence-electron chi connectivity index (χ1n) is 9.03. The van der Waals surface area contributed by atoms with Crippen molar-refractivity contribution in [3.8, 4) is 0 Å². The lowest BCUT2D eigenvalue weighted by atomic mass is 10.2. The second kappa shape index (κ2) is 9.31. The minimum atomic E-state index is -3.51. The first kappa shape index (κ1) is 21.2. The van der Waals surface area contributed by atoms with E-state index in [1.165, 1.54) is 16.1 Å². The van der Waals surface area contributed by atoms with Crippen molar-refractivity contribution >= 4 is 39.3 Å². The first-order chi connectivity index (χ1) is 13.4. The Kier molecular flexibility index (Phi) is 7.04. The minimum absolute atomic E-state index is 0.0319. The molecule has 0 aliphatic carbocycles. The van der Waals surface area contributed by atoms with Crippen LogP contribution in [0.2, 0.25) is 5.02 Å². The largest absolute Gasteiger partial charge is 0.339 e. The molecule has 8 heteroatoms. The molecule has 0 aromatic heterocycles. The quantitative estimate of drug-likeness (QED) is 0.693. The van der Waals surface area contributed by atoms with E-state index in [0.29, 0.717) is 47.6 Å². The summed E-state index contributed by atoms with van der Waals surface area (Å²) < 4.78 is 26.9. The Balaban J connectivity index is 1.50. The van der Waals surface area contributed by atoms with Crippen LogP contribution in [0.3, 0.4) is 0 Å². The van der Waals surface area contributed by atoms with E-state index in [9.17, 15) is 13.2 Å². The van der Waals surface area contributed by atoms with Crippen molar-refractivity contribution in [3.05, 3.63) is 64.7 Å². The molecule has 0 bridgehead atoms. The molecule has 0 saturated carbocycles. The molecule has 2 aromatic carbocycles. The van der Waals surface area contributed by atoms with Gasteiger partial charge in [0.05, 0.1) is 10.6 Å². The molecule has 1 amide bonds. The molecule has 2 aromatic rings. The maximum absolute atomic E-state index is 12.7. The normalized spacial score (nSPS) is 15.6. The van der Waals surface area contributed by atoms with Crippen molar-refractivity contribution < 1.29 is 13.2 Å². The smallest absolute Gasteiger partial charge is 0.243 e. The van der Waals surface area contributed by atoms with Crippen LogP contribution in [0.15, 0.2) is 53.4 Å². The summed E-state index contributed by atoms with van der Waals surface area (Å²) in [5, 5.41) is 0.706. The van der Waals surface area contributed by atoms with E-state index in [2.05, 4.69) is 0 Å². The van der Waals surface area contributed by atoms with Gasteiger partial charge in [-0.25, -0.2) is 8.42 Å². The van der Waals surface area contributed by atoms with Gasteiger partial charge < -0.3 is 4.90 Å². The lowest BCUT2D eigenvalue weighted by Gasteiger charge is -2.34. The van der Waals surface area contributed by atoms with Gasteiger partial charge in [0.1, 0.15) is 0 Å². The van der Waals surface area contributed by atoms with E-state index in [0.717, 1.165) is 11.1 Å². The number of amides is 1. The van der Waals surface area contributed by atoms with Gasteiger partial charge in [-0.1, -0.05) is 47.5 Å². The van der Waals surface area contributed by atoms with Crippen molar-refractivity contribution in [2.75, 3.05) is 31.9 Å². The van der Waals surface area contributed by atoms with Crippen LogP contribution in [-0.2, 0) is 20.6 Å². The monoisotopic (exact) mass is 438 g/mol. The van der Waals surface area contributed by atoms with Gasteiger partial charge in [-0.15, -0.1) is 11.8 Å². The maximum Gasteiger partial charge on any atom is 0.243 e. The first-order valence-corrected chi connectivity index (χ1v) is 12.0. The lowest BCUT2D eigenvalue weighted by molar-refractivity contribution is -0.129. The molecular weight excluding hydrogens is 416 g/mol. The number of aryl methyl sites for hydroxylation is 1. The highest BCUT2D eigenvalue weighted by Gasteiger charge is 2.29. The zero-order valence-corrected chi connectivity index (χ0v) is 18.1. The number of hydrogen-bond acceptors (Lipinski definition) is 4. The van der Waals surface area contributed by atoms with Crippen LogP contribution < -0.4 is 0 Å². The molecule has 1 saturated heterocycles. The summed E-state index contributed by atoms with van der Waals surface area (Å²) >= 11 is 7.65. The Morgan fingerprint density at radius 2 is 1.68 bits per heavy atom. The Labute approximate surface area is 175 Å². The summed E-state index contributed by atoms with van der Waals surface area (Å²) in [5.74, 6) is 1.06. The van der Waals surface area contributed by atoms with Crippen molar-refractivity contribution in [2.24, 2.45) is 0 Å². The minimum Gasteiger partial charge on any atom is -0.339 e. The van der Waals surface area contributed by atoms with Gasteiger partial charge in [-0.2, -0.15) is 4.31 Å². The third kappa shape index (κ3) is 5.08.